The third-order valence-corrected chi connectivity index (χ3v) is 2.06. The number of nitrogens with one attached hydrogen (secondary N) is 1. The second-order valence-electron chi connectivity index (χ2n) is 2.58. The summed E-state index contributed by atoms with van der Waals surface area (Å²) in [5, 5.41) is 0. The fourth-order valence-electron chi connectivity index (χ4n) is 1.31. The predicted molar refractivity (Wildman–Crippen MR) is 38.2 cm³/mol. The largest absolute Gasteiger partial charge is 1.00 e. The van der Waals surface area contributed by atoms with Gasteiger partial charge in [-0.1, -0.05) is 4.39 Å². The van der Waals surface area contributed by atoms with Crippen LogP contribution < -0.4 is 28.9 Å². The molecular weight excluding hydrogens is 258 g/mol. The molecule has 0 bridgehead atoms. The molecule has 1 aliphatic rings. The Kier molecular flexibility index (Phi) is 5.16. The number of hydrogen-bond donors (Lipinski definition) is 1. The predicted octanol–water partition coefficient (Wildman–Crippen LogP) is -3.73. The monoisotopic (exact) mass is 273 g/mol. The van der Waals surface area contributed by atoms with Crippen LogP contribution in [-0.2, 0) is 0 Å². The zero-order valence-corrected chi connectivity index (χ0v) is 9.19. The molecular formula is C7H15FIN2+. The molecule has 0 saturated heterocycles. The van der Waals surface area contributed by atoms with Crippen LogP contribution >= 0.6 is 0 Å². The van der Waals surface area contributed by atoms with Gasteiger partial charge in [-0.25, -0.2) is 4.90 Å². The van der Waals surface area contributed by atoms with Crippen molar-refractivity contribution in [1.29, 1.82) is 0 Å². The van der Waals surface area contributed by atoms with Crippen molar-refractivity contribution in [3.8, 4) is 0 Å². The Balaban J connectivity index is 0.000001000. The van der Waals surface area contributed by atoms with Crippen LogP contribution in [0.15, 0.2) is 0 Å². The first kappa shape index (κ1) is 11.3. The van der Waals surface area contributed by atoms with Crippen LogP contribution in [0.1, 0.15) is 13.8 Å². The van der Waals surface area contributed by atoms with Crippen LogP contribution in [0.4, 0.5) is 4.39 Å². The zero-order chi connectivity index (χ0) is 7.56. The van der Waals surface area contributed by atoms with E-state index in [1.807, 2.05) is 13.8 Å². The van der Waals surface area contributed by atoms with Crippen molar-refractivity contribution in [3.63, 3.8) is 0 Å². The first-order valence-electron chi connectivity index (χ1n) is 3.92. The molecule has 0 aromatic carbocycles. The molecule has 2 nitrogen and oxygen atoms in total. The lowest BCUT2D eigenvalue weighted by Crippen LogP contribution is -3.12. The molecule has 1 rings (SSSR count). The maximum atomic E-state index is 13.1. The van der Waals surface area contributed by atoms with E-state index in [0.29, 0.717) is 0 Å². The van der Waals surface area contributed by atoms with E-state index in [1.165, 1.54) is 0 Å². The third-order valence-electron chi connectivity index (χ3n) is 2.06. The lowest BCUT2D eigenvalue weighted by molar-refractivity contribution is -0.807. The van der Waals surface area contributed by atoms with E-state index < -0.39 is 0 Å². The molecule has 1 heterocycles. The minimum Gasteiger partial charge on any atom is -1.00 e. The second kappa shape index (κ2) is 5.03. The fourth-order valence-corrected chi connectivity index (χ4v) is 1.31. The van der Waals surface area contributed by atoms with Crippen molar-refractivity contribution < 1.29 is 37.8 Å². The van der Waals surface area contributed by atoms with Crippen LogP contribution in [0.5, 0.6) is 0 Å². The highest BCUT2D eigenvalue weighted by molar-refractivity contribution is 5.56. The molecule has 1 aliphatic heterocycles. The van der Waals surface area contributed by atoms with Crippen LogP contribution in [-0.4, -0.2) is 36.8 Å². The summed E-state index contributed by atoms with van der Waals surface area (Å²) in [7, 11) is 0. The average Bonchev–Trinajstić information content (AvgIpc) is 2.30. The average molecular weight is 273 g/mol. The van der Waals surface area contributed by atoms with Gasteiger partial charge in [-0.3, -0.25) is 0 Å². The summed E-state index contributed by atoms with van der Waals surface area (Å²) in [5.41, 5.74) is 0. The SMILES string of the molecule is CC[N+]1=C(F)[NH+](CC)CC1.[I-]. The molecule has 1 unspecified atom stereocenters. The van der Waals surface area contributed by atoms with E-state index in [4.69, 9.17) is 0 Å². The number of amidine groups is 1. The number of hydrogen-bond acceptors (Lipinski definition) is 0. The summed E-state index contributed by atoms with van der Waals surface area (Å²) in [4.78, 5) is 0.988. The van der Waals surface area contributed by atoms with Crippen LogP contribution in [0.25, 0.3) is 0 Å². The standard InChI is InChI=1S/C7H14FN2.HI/c1-3-9-5-6-10(4-2)7(9)8;/h3-6H2,1-2H3;1H/q+1;. The van der Waals surface area contributed by atoms with Gasteiger partial charge < -0.3 is 24.0 Å². The van der Waals surface area contributed by atoms with Crippen LogP contribution in [0, 0.1) is 0 Å². The number of nitrogens with zero attached hydrogens (tertiary/aromatic N) is 1. The first-order valence-corrected chi connectivity index (χ1v) is 3.92. The summed E-state index contributed by atoms with van der Waals surface area (Å²) >= 11 is 0. The molecule has 11 heavy (non-hydrogen) atoms. The molecule has 66 valence electrons. The van der Waals surface area contributed by atoms with Gasteiger partial charge in [-0.2, -0.15) is 0 Å². The van der Waals surface area contributed by atoms with Crippen LogP contribution in [0.2, 0.25) is 0 Å². The molecule has 0 aromatic heterocycles. The molecule has 4 heteroatoms. The highest BCUT2D eigenvalue weighted by Crippen LogP contribution is 1.82. The molecule has 0 saturated carbocycles. The Morgan fingerprint density at radius 3 is 2.45 bits per heavy atom. The summed E-state index contributed by atoms with van der Waals surface area (Å²) in [6.45, 7) is 7.46. The van der Waals surface area contributed by atoms with E-state index in [-0.39, 0.29) is 30.1 Å². The molecule has 1 N–H and O–H groups in total. The Hall–Kier alpha value is 0.290. The highest BCUT2D eigenvalue weighted by atomic mass is 127. The van der Waals surface area contributed by atoms with Crippen molar-refractivity contribution in [1.82, 2.24) is 0 Å². The minimum atomic E-state index is 0. The smallest absolute Gasteiger partial charge is 0.535 e. The van der Waals surface area contributed by atoms with Gasteiger partial charge in [-0.15, -0.1) is 4.58 Å². The molecule has 1 atom stereocenters. The molecule has 0 fully saturated rings. The maximum absolute atomic E-state index is 13.1. The van der Waals surface area contributed by atoms with Crippen molar-refractivity contribution in [2.45, 2.75) is 13.8 Å². The Morgan fingerprint density at radius 2 is 2.18 bits per heavy atom. The Morgan fingerprint density at radius 1 is 1.55 bits per heavy atom. The van der Waals surface area contributed by atoms with E-state index in [1.54, 1.807) is 4.58 Å². The van der Waals surface area contributed by atoms with E-state index >= 15 is 0 Å². The van der Waals surface area contributed by atoms with Gasteiger partial charge in [0.05, 0.1) is 6.54 Å². The number of likely N-dealkylation sites (N-methyl/N-ethyl adjacent to an activating group) is 2. The van der Waals surface area contributed by atoms with Crippen molar-refractivity contribution in [2.24, 2.45) is 0 Å². The minimum absolute atomic E-state index is 0. The highest BCUT2D eigenvalue weighted by Gasteiger charge is 2.33. The van der Waals surface area contributed by atoms with Gasteiger partial charge in [-0.05, 0) is 13.8 Å². The van der Waals surface area contributed by atoms with Gasteiger partial charge in [0.15, 0.2) is 6.54 Å². The maximum Gasteiger partial charge on any atom is 0.535 e. The first-order chi connectivity index (χ1) is 4.79. The molecule has 0 amide bonds. The van der Waals surface area contributed by atoms with Gasteiger partial charge in [0.2, 0.25) is 0 Å². The number of quaternary nitrogens is 1. The molecule has 0 radical (unpaired) electrons. The summed E-state index contributed by atoms with van der Waals surface area (Å²) in [6.07, 6.45) is 0.0324. The van der Waals surface area contributed by atoms with Gasteiger partial charge >= 0.3 is 6.09 Å². The number of halogens is 2. The summed E-state index contributed by atoms with van der Waals surface area (Å²) < 4.78 is 14.8. The van der Waals surface area contributed by atoms with Crippen LogP contribution in [0.3, 0.4) is 0 Å². The third kappa shape index (κ3) is 2.37. The second-order valence-corrected chi connectivity index (χ2v) is 2.58. The Labute approximate surface area is 84.1 Å². The Bertz CT molecular complexity index is 159. The summed E-state index contributed by atoms with van der Waals surface area (Å²) in [6, 6.07) is 0. The van der Waals surface area contributed by atoms with Gasteiger partial charge in [0.1, 0.15) is 13.1 Å². The zero-order valence-electron chi connectivity index (χ0n) is 7.03. The topological polar surface area (TPSA) is 7.45 Å². The molecule has 0 aliphatic carbocycles. The fraction of sp³-hybridized carbons (Fsp3) is 0.857. The van der Waals surface area contributed by atoms with E-state index in [0.717, 1.165) is 31.1 Å². The molecule has 0 aromatic rings. The van der Waals surface area contributed by atoms with Crippen molar-refractivity contribution in [3.05, 3.63) is 0 Å². The van der Waals surface area contributed by atoms with Crippen molar-refractivity contribution in [2.75, 3.05) is 26.2 Å². The normalized spacial score (nSPS) is 23.7. The van der Waals surface area contributed by atoms with E-state index in [2.05, 4.69) is 0 Å². The number of rotatable bonds is 2. The quantitative estimate of drug-likeness (QED) is 0.300. The van der Waals surface area contributed by atoms with Gasteiger partial charge in [0, 0.05) is 0 Å². The van der Waals surface area contributed by atoms with Gasteiger partial charge in [0.25, 0.3) is 0 Å². The molecule has 0 spiro atoms. The lowest BCUT2D eigenvalue weighted by Gasteiger charge is -1.98. The summed E-state index contributed by atoms with van der Waals surface area (Å²) in [5.74, 6) is 0. The lowest BCUT2D eigenvalue weighted by atomic mass is 10.5. The van der Waals surface area contributed by atoms with E-state index in [9.17, 15) is 4.39 Å². The van der Waals surface area contributed by atoms with Crippen molar-refractivity contribution >= 4 is 6.09 Å².